The van der Waals surface area contributed by atoms with E-state index in [0.29, 0.717) is 12.0 Å². The van der Waals surface area contributed by atoms with Gasteiger partial charge in [0.1, 0.15) is 5.82 Å². The van der Waals surface area contributed by atoms with E-state index >= 15 is 0 Å². The third-order valence-corrected chi connectivity index (χ3v) is 4.22. The molecular weight excluding hydrogens is 342 g/mol. The van der Waals surface area contributed by atoms with Gasteiger partial charge in [0.05, 0.1) is 5.69 Å². The zero-order valence-corrected chi connectivity index (χ0v) is 13.1. The average Bonchev–Trinajstić information content (AvgIpc) is 2.75. The van der Waals surface area contributed by atoms with Crippen molar-refractivity contribution in [2.75, 3.05) is 24.5 Å². The Kier molecular flexibility index (Phi) is 4.84. The van der Waals surface area contributed by atoms with Crippen molar-refractivity contribution in [3.05, 3.63) is 27.6 Å². The first-order valence-corrected chi connectivity index (χ1v) is 7.57. The molecule has 4 heteroatoms. The van der Waals surface area contributed by atoms with Gasteiger partial charge < -0.3 is 10.2 Å². The zero-order chi connectivity index (χ0) is 13.1. The van der Waals surface area contributed by atoms with Crippen LogP contribution < -0.4 is 10.2 Å². The molecule has 1 fully saturated rings. The van der Waals surface area contributed by atoms with Crippen molar-refractivity contribution in [1.29, 1.82) is 0 Å². The molecule has 2 nitrogen and oxygen atoms in total. The van der Waals surface area contributed by atoms with E-state index in [2.05, 4.69) is 46.7 Å². The quantitative estimate of drug-likeness (QED) is 0.828. The second-order valence-corrected chi connectivity index (χ2v) is 6.42. The molecule has 1 atom stereocenters. The van der Waals surface area contributed by atoms with Crippen molar-refractivity contribution < 1.29 is 4.39 Å². The van der Waals surface area contributed by atoms with Crippen LogP contribution in [0.5, 0.6) is 0 Å². The van der Waals surface area contributed by atoms with E-state index < -0.39 is 0 Å². The highest BCUT2D eigenvalue weighted by Crippen LogP contribution is 2.28. The Bertz CT molecular complexity index is 409. The maximum Gasteiger partial charge on any atom is 0.124 e. The lowest BCUT2D eigenvalue weighted by atomic mass is 10.1. The van der Waals surface area contributed by atoms with Gasteiger partial charge in [0.2, 0.25) is 0 Å². The second kappa shape index (κ2) is 6.19. The minimum absolute atomic E-state index is 0.152. The molecule has 0 saturated carbocycles. The fraction of sp³-hybridized carbons (Fsp3) is 0.571. The minimum atomic E-state index is -0.152. The Labute approximate surface area is 122 Å². The van der Waals surface area contributed by atoms with Crippen LogP contribution in [0.15, 0.2) is 18.2 Å². The van der Waals surface area contributed by atoms with E-state index in [9.17, 15) is 4.39 Å². The summed E-state index contributed by atoms with van der Waals surface area (Å²) in [6, 6.07) is 5.60. The summed E-state index contributed by atoms with van der Waals surface area (Å²) in [5, 5.41) is 3.49. The molecule has 1 aromatic rings. The molecule has 18 heavy (non-hydrogen) atoms. The molecule has 0 spiro atoms. The van der Waals surface area contributed by atoms with Crippen LogP contribution in [0.25, 0.3) is 0 Å². The molecule has 0 radical (unpaired) electrons. The lowest BCUT2D eigenvalue weighted by molar-refractivity contribution is 0.480. The number of hydrogen-bond donors (Lipinski definition) is 1. The number of nitrogens with zero attached hydrogens (tertiary/aromatic N) is 1. The van der Waals surface area contributed by atoms with Gasteiger partial charge in [-0.1, -0.05) is 13.8 Å². The molecule has 0 aliphatic carbocycles. The number of nitrogens with one attached hydrogen (secondary N) is 1. The molecule has 0 bridgehead atoms. The summed E-state index contributed by atoms with van der Waals surface area (Å²) < 4.78 is 14.1. The maximum absolute atomic E-state index is 13.1. The number of halogens is 2. The summed E-state index contributed by atoms with van der Waals surface area (Å²) in [7, 11) is 0. The van der Waals surface area contributed by atoms with Crippen LogP contribution in [0.4, 0.5) is 10.1 Å². The van der Waals surface area contributed by atoms with Gasteiger partial charge in [0, 0.05) is 22.7 Å². The van der Waals surface area contributed by atoms with Crippen molar-refractivity contribution in [1.82, 2.24) is 5.32 Å². The van der Waals surface area contributed by atoms with Gasteiger partial charge in [-0.05, 0) is 59.7 Å². The summed E-state index contributed by atoms with van der Waals surface area (Å²) in [5.74, 6) is 0.550. The molecule has 100 valence electrons. The Morgan fingerprint density at radius 3 is 2.94 bits per heavy atom. The van der Waals surface area contributed by atoms with Gasteiger partial charge in [0.15, 0.2) is 0 Å². The van der Waals surface area contributed by atoms with Crippen LogP contribution in [-0.2, 0) is 0 Å². The predicted molar refractivity (Wildman–Crippen MR) is 82.6 cm³/mol. The smallest absolute Gasteiger partial charge is 0.124 e. The highest BCUT2D eigenvalue weighted by molar-refractivity contribution is 14.1. The van der Waals surface area contributed by atoms with Crippen molar-refractivity contribution in [2.45, 2.75) is 26.3 Å². The molecule has 1 aliphatic heterocycles. The normalized spacial score (nSPS) is 19.8. The van der Waals surface area contributed by atoms with Crippen molar-refractivity contribution in [2.24, 2.45) is 5.92 Å². The van der Waals surface area contributed by atoms with E-state index in [-0.39, 0.29) is 5.82 Å². The number of anilines is 1. The number of hydrogen-bond acceptors (Lipinski definition) is 2. The Morgan fingerprint density at radius 1 is 1.50 bits per heavy atom. The fourth-order valence-electron chi connectivity index (χ4n) is 2.36. The summed E-state index contributed by atoms with van der Waals surface area (Å²) in [4.78, 5) is 2.37. The molecule has 1 unspecified atom stereocenters. The molecule has 0 amide bonds. The minimum Gasteiger partial charge on any atom is -0.370 e. The highest BCUT2D eigenvalue weighted by atomic mass is 127. The van der Waals surface area contributed by atoms with Crippen LogP contribution in [-0.4, -0.2) is 25.7 Å². The summed E-state index contributed by atoms with van der Waals surface area (Å²) in [6.07, 6.45) is 1.22. The van der Waals surface area contributed by atoms with Crippen LogP contribution in [0, 0.1) is 15.3 Å². The van der Waals surface area contributed by atoms with Crippen LogP contribution in [0.3, 0.4) is 0 Å². The molecule has 1 aromatic carbocycles. The zero-order valence-electron chi connectivity index (χ0n) is 10.9. The highest BCUT2D eigenvalue weighted by Gasteiger charge is 2.23. The van der Waals surface area contributed by atoms with Gasteiger partial charge in [-0.15, -0.1) is 0 Å². The van der Waals surface area contributed by atoms with Gasteiger partial charge in [-0.25, -0.2) is 4.39 Å². The molecule has 1 saturated heterocycles. The van der Waals surface area contributed by atoms with E-state index in [1.165, 1.54) is 12.1 Å². The molecule has 1 heterocycles. The van der Waals surface area contributed by atoms with Crippen molar-refractivity contribution in [3.8, 4) is 0 Å². The molecule has 1 N–H and O–H groups in total. The Balaban J connectivity index is 1.95. The topological polar surface area (TPSA) is 15.3 Å². The first-order chi connectivity index (χ1) is 8.56. The van der Waals surface area contributed by atoms with Gasteiger partial charge in [-0.2, -0.15) is 0 Å². The van der Waals surface area contributed by atoms with Crippen LogP contribution in [0.2, 0.25) is 0 Å². The molecular formula is C14H20FIN2. The summed E-state index contributed by atoms with van der Waals surface area (Å²) in [6.45, 7) is 7.57. The van der Waals surface area contributed by atoms with Crippen molar-refractivity contribution >= 4 is 28.3 Å². The van der Waals surface area contributed by atoms with Crippen molar-refractivity contribution in [3.63, 3.8) is 0 Å². The molecule has 0 aromatic heterocycles. The third-order valence-electron chi connectivity index (χ3n) is 3.35. The number of benzene rings is 1. The van der Waals surface area contributed by atoms with Gasteiger partial charge in [-0.3, -0.25) is 0 Å². The van der Waals surface area contributed by atoms with Crippen LogP contribution >= 0.6 is 22.6 Å². The fourth-order valence-corrected chi connectivity index (χ4v) is 3.18. The number of rotatable bonds is 4. The second-order valence-electron chi connectivity index (χ2n) is 5.26. The largest absolute Gasteiger partial charge is 0.370 e. The SMILES string of the molecule is CC(C)NCC1CCN(c2ccc(F)cc2I)C1. The van der Waals surface area contributed by atoms with E-state index in [4.69, 9.17) is 0 Å². The predicted octanol–water partition coefficient (Wildman–Crippen LogP) is 3.25. The Hall–Kier alpha value is -0.360. The monoisotopic (exact) mass is 362 g/mol. The van der Waals surface area contributed by atoms with Gasteiger partial charge in [0.25, 0.3) is 0 Å². The standard InChI is InChI=1S/C14H20FIN2/c1-10(2)17-8-11-5-6-18(9-11)14-4-3-12(15)7-13(14)16/h3-4,7,10-11,17H,5-6,8-9H2,1-2H3. The van der Waals surface area contributed by atoms with Gasteiger partial charge >= 0.3 is 0 Å². The van der Waals surface area contributed by atoms with E-state index in [1.807, 2.05) is 6.07 Å². The van der Waals surface area contributed by atoms with E-state index in [1.54, 1.807) is 12.1 Å². The third kappa shape index (κ3) is 3.57. The lowest BCUT2D eigenvalue weighted by Crippen LogP contribution is -2.30. The molecule has 2 rings (SSSR count). The maximum atomic E-state index is 13.1. The lowest BCUT2D eigenvalue weighted by Gasteiger charge is -2.20. The summed E-state index contributed by atoms with van der Waals surface area (Å²) in [5.41, 5.74) is 1.17. The first-order valence-electron chi connectivity index (χ1n) is 6.49. The van der Waals surface area contributed by atoms with Crippen LogP contribution in [0.1, 0.15) is 20.3 Å². The Morgan fingerprint density at radius 2 is 2.28 bits per heavy atom. The molecule has 1 aliphatic rings. The first kappa shape index (κ1) is 14.1. The summed E-state index contributed by atoms with van der Waals surface area (Å²) >= 11 is 2.22. The average molecular weight is 362 g/mol. The van der Waals surface area contributed by atoms with E-state index in [0.717, 1.165) is 23.2 Å².